The molecule has 0 saturated heterocycles. The summed E-state index contributed by atoms with van der Waals surface area (Å²) in [5.41, 5.74) is 2.77. The number of ether oxygens (including phenoxy) is 1. The van der Waals surface area contributed by atoms with E-state index in [1.807, 2.05) is 6.07 Å². The fraction of sp³-hybridized carbons (Fsp3) is 0.682. The van der Waals surface area contributed by atoms with Gasteiger partial charge in [-0.15, -0.1) is 12.4 Å². The Morgan fingerprint density at radius 3 is 2.58 bits per heavy atom. The van der Waals surface area contributed by atoms with Crippen molar-refractivity contribution in [1.29, 1.82) is 0 Å². The second kappa shape index (κ2) is 9.12. The minimum atomic E-state index is -0.269. The van der Waals surface area contributed by atoms with Gasteiger partial charge in [0.2, 0.25) is 0 Å². The average molecular weight is 380 g/mol. The molecule has 1 fully saturated rings. The van der Waals surface area contributed by atoms with Gasteiger partial charge in [-0.2, -0.15) is 0 Å². The van der Waals surface area contributed by atoms with Crippen molar-refractivity contribution in [2.45, 2.75) is 96.6 Å². The molecule has 1 N–H and O–H groups in total. The molecular weight excluding hydrogens is 346 g/mol. The highest BCUT2D eigenvalue weighted by atomic mass is 35.5. The number of aliphatic imine (C=N–C) groups is 1. The number of halogens is 1. The van der Waals surface area contributed by atoms with E-state index in [1.54, 1.807) is 0 Å². The van der Waals surface area contributed by atoms with Gasteiger partial charge in [0.05, 0.1) is 17.3 Å². The van der Waals surface area contributed by atoms with Gasteiger partial charge < -0.3 is 9.84 Å². The smallest absolute Gasteiger partial charge is 0.133 e. The van der Waals surface area contributed by atoms with Gasteiger partial charge in [-0.25, -0.2) is 0 Å². The first-order chi connectivity index (χ1) is 12.0. The summed E-state index contributed by atoms with van der Waals surface area (Å²) in [5, 5.41) is 10.7. The maximum Gasteiger partial charge on any atom is 0.133 e. The van der Waals surface area contributed by atoms with Crippen LogP contribution < -0.4 is 4.74 Å². The minimum absolute atomic E-state index is 0. The van der Waals surface area contributed by atoms with E-state index in [4.69, 9.17) is 9.73 Å². The lowest BCUT2D eigenvalue weighted by Crippen LogP contribution is -2.37. The van der Waals surface area contributed by atoms with Gasteiger partial charge in [-0.3, -0.25) is 4.99 Å². The SMILES string of the molecule is CCCCCc1cc(O)c2c(c1)OC(C)(C)CC2=NC1CCCCC1.Cl. The van der Waals surface area contributed by atoms with Gasteiger partial charge in [-0.05, 0) is 57.2 Å². The van der Waals surface area contributed by atoms with Crippen molar-refractivity contribution >= 4 is 18.1 Å². The van der Waals surface area contributed by atoms with E-state index in [1.165, 1.54) is 50.5 Å². The highest BCUT2D eigenvalue weighted by Crippen LogP contribution is 2.40. The molecule has 146 valence electrons. The number of hydrogen-bond acceptors (Lipinski definition) is 3. The number of hydrogen-bond donors (Lipinski definition) is 1. The molecular formula is C22H34ClNO2. The van der Waals surface area contributed by atoms with Crippen LogP contribution in [0.1, 0.15) is 89.7 Å². The second-order valence-electron chi connectivity index (χ2n) is 8.35. The summed E-state index contributed by atoms with van der Waals surface area (Å²) in [4.78, 5) is 5.07. The Hall–Kier alpha value is -1.22. The third-order valence-electron chi connectivity index (χ3n) is 5.39. The van der Waals surface area contributed by atoms with E-state index in [0.29, 0.717) is 11.8 Å². The number of nitrogens with zero attached hydrogens (tertiary/aromatic N) is 1. The Bertz CT molecular complexity index is 633. The van der Waals surface area contributed by atoms with Crippen LogP contribution in [0.25, 0.3) is 0 Å². The molecule has 4 heteroatoms. The molecule has 1 aromatic rings. The molecule has 3 rings (SSSR count). The molecule has 0 amide bonds. The lowest BCUT2D eigenvalue weighted by atomic mass is 9.89. The molecule has 0 atom stereocenters. The number of fused-ring (bicyclic) bond motifs is 1. The molecule has 0 radical (unpaired) electrons. The van der Waals surface area contributed by atoms with Crippen LogP contribution in [0, 0.1) is 0 Å². The van der Waals surface area contributed by atoms with Gasteiger partial charge in [0, 0.05) is 6.42 Å². The van der Waals surface area contributed by atoms with E-state index in [0.717, 1.165) is 36.3 Å². The third-order valence-corrected chi connectivity index (χ3v) is 5.39. The van der Waals surface area contributed by atoms with Crippen molar-refractivity contribution in [2.24, 2.45) is 4.99 Å². The van der Waals surface area contributed by atoms with Crippen molar-refractivity contribution in [3.8, 4) is 11.5 Å². The Kier molecular flexibility index (Phi) is 7.40. The third kappa shape index (κ3) is 5.16. The van der Waals surface area contributed by atoms with Crippen molar-refractivity contribution < 1.29 is 9.84 Å². The number of unbranched alkanes of at least 4 members (excludes halogenated alkanes) is 2. The number of phenols is 1. The van der Waals surface area contributed by atoms with Crippen molar-refractivity contribution in [3.63, 3.8) is 0 Å². The normalized spacial score (nSPS) is 21.0. The predicted molar refractivity (Wildman–Crippen MR) is 111 cm³/mol. The van der Waals surface area contributed by atoms with E-state index in [2.05, 4.69) is 26.8 Å². The quantitative estimate of drug-likeness (QED) is 0.616. The Morgan fingerprint density at radius 2 is 1.88 bits per heavy atom. The van der Waals surface area contributed by atoms with Gasteiger partial charge in [0.25, 0.3) is 0 Å². The minimum Gasteiger partial charge on any atom is -0.507 e. The summed E-state index contributed by atoms with van der Waals surface area (Å²) in [6, 6.07) is 4.46. The van der Waals surface area contributed by atoms with E-state index in [-0.39, 0.29) is 18.0 Å². The Morgan fingerprint density at radius 1 is 1.15 bits per heavy atom. The van der Waals surface area contributed by atoms with Crippen LogP contribution in [0.15, 0.2) is 17.1 Å². The highest BCUT2D eigenvalue weighted by molar-refractivity contribution is 6.06. The van der Waals surface area contributed by atoms with E-state index in [9.17, 15) is 5.11 Å². The molecule has 1 aromatic carbocycles. The fourth-order valence-corrected chi connectivity index (χ4v) is 4.12. The number of rotatable bonds is 5. The van der Waals surface area contributed by atoms with Crippen LogP contribution in [-0.2, 0) is 6.42 Å². The zero-order chi connectivity index (χ0) is 17.9. The largest absolute Gasteiger partial charge is 0.507 e. The van der Waals surface area contributed by atoms with Gasteiger partial charge >= 0.3 is 0 Å². The summed E-state index contributed by atoms with van der Waals surface area (Å²) in [7, 11) is 0. The van der Waals surface area contributed by atoms with Gasteiger partial charge in [0.15, 0.2) is 0 Å². The predicted octanol–water partition coefficient (Wildman–Crippen LogP) is 6.23. The molecule has 2 aliphatic rings. The van der Waals surface area contributed by atoms with E-state index >= 15 is 0 Å². The summed E-state index contributed by atoms with van der Waals surface area (Å²) >= 11 is 0. The second-order valence-corrected chi connectivity index (χ2v) is 8.35. The molecule has 0 aromatic heterocycles. The van der Waals surface area contributed by atoms with Crippen LogP contribution in [0.3, 0.4) is 0 Å². The maximum atomic E-state index is 10.7. The summed E-state index contributed by atoms with van der Waals surface area (Å²) in [6.45, 7) is 6.45. The van der Waals surface area contributed by atoms with Crippen LogP contribution >= 0.6 is 12.4 Å². The first-order valence-electron chi connectivity index (χ1n) is 10.1. The summed E-state index contributed by atoms with van der Waals surface area (Å²) < 4.78 is 6.23. The Balaban J connectivity index is 0.00000243. The molecule has 3 nitrogen and oxygen atoms in total. The Labute approximate surface area is 164 Å². The van der Waals surface area contributed by atoms with Crippen LogP contribution in [-0.4, -0.2) is 22.5 Å². The summed E-state index contributed by atoms with van der Waals surface area (Å²) in [5.74, 6) is 1.16. The zero-order valence-electron chi connectivity index (χ0n) is 16.5. The monoisotopic (exact) mass is 379 g/mol. The number of benzene rings is 1. The van der Waals surface area contributed by atoms with Gasteiger partial charge in [0.1, 0.15) is 17.1 Å². The number of phenolic OH excluding ortho intramolecular Hbond substituents is 1. The van der Waals surface area contributed by atoms with Crippen LogP contribution in [0.2, 0.25) is 0 Å². The first kappa shape index (κ1) is 21.1. The average Bonchev–Trinajstić information content (AvgIpc) is 2.54. The number of aromatic hydroxyl groups is 1. The molecule has 26 heavy (non-hydrogen) atoms. The van der Waals surface area contributed by atoms with Crippen LogP contribution in [0.4, 0.5) is 0 Å². The fourth-order valence-electron chi connectivity index (χ4n) is 4.12. The molecule has 0 unspecified atom stereocenters. The van der Waals surface area contributed by atoms with Gasteiger partial charge in [-0.1, -0.05) is 39.0 Å². The molecule has 1 heterocycles. The zero-order valence-corrected chi connectivity index (χ0v) is 17.3. The summed E-state index contributed by atoms with van der Waals surface area (Å²) in [6.07, 6.45) is 11.6. The molecule has 0 spiro atoms. The van der Waals surface area contributed by atoms with E-state index < -0.39 is 0 Å². The number of aryl methyl sites for hydroxylation is 1. The molecule has 1 aliphatic heterocycles. The standard InChI is InChI=1S/C22H33NO2.ClH/c1-4-5-7-10-16-13-19(24)21-18(23-17-11-8-6-9-12-17)15-22(2,3)25-20(21)14-16;/h13-14,17,24H,4-12,15H2,1-3H3;1H. The molecule has 1 saturated carbocycles. The molecule has 0 bridgehead atoms. The van der Waals surface area contributed by atoms with Crippen LogP contribution in [0.5, 0.6) is 11.5 Å². The highest BCUT2D eigenvalue weighted by Gasteiger charge is 2.34. The molecule has 1 aliphatic carbocycles. The van der Waals surface area contributed by atoms with Crippen molar-refractivity contribution in [1.82, 2.24) is 0 Å². The lowest BCUT2D eigenvalue weighted by Gasteiger charge is -2.35. The lowest BCUT2D eigenvalue weighted by molar-refractivity contribution is 0.110. The first-order valence-corrected chi connectivity index (χ1v) is 10.1. The topological polar surface area (TPSA) is 41.8 Å². The maximum absolute atomic E-state index is 10.7. The van der Waals surface area contributed by atoms with Crippen molar-refractivity contribution in [3.05, 3.63) is 23.3 Å². The van der Waals surface area contributed by atoms with Crippen molar-refractivity contribution in [2.75, 3.05) is 0 Å².